The zero-order valence-corrected chi connectivity index (χ0v) is 57.3. The van der Waals surface area contributed by atoms with Crippen molar-refractivity contribution in [2.24, 2.45) is 0 Å². The first-order valence-electron chi connectivity index (χ1n) is 31.5. The van der Waals surface area contributed by atoms with Crippen LogP contribution in [0, 0.1) is 34.6 Å². The Hall–Kier alpha value is -7.55. The van der Waals surface area contributed by atoms with Gasteiger partial charge in [-0.2, -0.15) is 0 Å². The number of rotatable bonds is 24. The molecule has 0 aliphatic carbocycles. The third-order valence-electron chi connectivity index (χ3n) is 16.3. The number of hydrogen-bond donors (Lipinski definition) is 5. The van der Waals surface area contributed by atoms with Crippen LogP contribution in [0.5, 0.6) is 28.7 Å². The van der Waals surface area contributed by atoms with Gasteiger partial charge in [0.1, 0.15) is 42.0 Å². The summed E-state index contributed by atoms with van der Waals surface area (Å²) >= 11 is 0. The zero-order valence-electron chi connectivity index (χ0n) is 57.3. The Labute approximate surface area is 534 Å². The standard InChI is InChI=1S/C75H102O15/c1-43-31-48(36-53(65(43)81)71(6,7)8)21-26-60(76)86-41-58(88-62(78)28-23-50-33-45(3)67(83)55(38-50)73(12,13)14)70(90-64(80)30-25-52-35-47(5)69(85)57(40-52)75(18,19)20)59(89-63(79)29-24-51-34-46(4)68(84)56(39-51)74(15,16)17)42-87-61(77)27-22-49-32-44(2)66(82)54(37-49)72(9,10)11/h31-40,58-59,70,81-85H,21-30,41-42H2,1-20H3/t58-,59+,70+. The third kappa shape index (κ3) is 20.5. The second kappa shape index (κ2) is 29.6. The van der Waals surface area contributed by atoms with Gasteiger partial charge < -0.3 is 49.2 Å². The molecule has 492 valence electrons. The molecule has 0 amide bonds. The van der Waals surface area contributed by atoms with Gasteiger partial charge in [-0.15, -0.1) is 0 Å². The Bertz CT molecular complexity index is 3220. The van der Waals surface area contributed by atoms with Gasteiger partial charge in [0.2, 0.25) is 0 Å². The highest BCUT2D eigenvalue weighted by atomic mass is 16.6. The van der Waals surface area contributed by atoms with E-state index in [4.69, 9.17) is 23.7 Å². The summed E-state index contributed by atoms with van der Waals surface area (Å²) in [6.45, 7) is 37.0. The summed E-state index contributed by atoms with van der Waals surface area (Å²) in [5, 5.41) is 55.0. The Morgan fingerprint density at radius 1 is 0.311 bits per heavy atom. The maximum Gasteiger partial charge on any atom is 0.306 e. The molecule has 0 aliphatic heterocycles. The molecule has 5 aromatic rings. The number of aromatic hydroxyl groups is 5. The van der Waals surface area contributed by atoms with E-state index in [0.717, 1.165) is 22.3 Å². The first-order chi connectivity index (χ1) is 41.4. The fourth-order valence-corrected chi connectivity index (χ4v) is 11.0. The maximum absolute atomic E-state index is 14.7. The maximum atomic E-state index is 14.7. The van der Waals surface area contributed by atoms with E-state index in [-0.39, 0.29) is 93.0 Å². The first kappa shape index (κ1) is 73.2. The molecule has 5 aromatic carbocycles. The molecule has 0 spiro atoms. The van der Waals surface area contributed by atoms with E-state index >= 15 is 0 Å². The highest BCUT2D eigenvalue weighted by Gasteiger charge is 2.41. The Morgan fingerprint density at radius 2 is 0.500 bits per heavy atom. The van der Waals surface area contributed by atoms with Crippen molar-refractivity contribution in [3.63, 3.8) is 0 Å². The van der Waals surface area contributed by atoms with Gasteiger partial charge >= 0.3 is 29.8 Å². The minimum atomic E-state index is -1.77. The van der Waals surface area contributed by atoms with E-state index in [9.17, 15) is 49.5 Å². The van der Waals surface area contributed by atoms with Crippen LogP contribution in [0.3, 0.4) is 0 Å². The number of carbonyl (C=O) groups is 5. The molecule has 0 radical (unpaired) electrons. The van der Waals surface area contributed by atoms with Crippen LogP contribution in [0.1, 0.15) is 219 Å². The van der Waals surface area contributed by atoms with Crippen molar-refractivity contribution in [3.8, 4) is 28.7 Å². The molecule has 0 aliphatic rings. The average Bonchev–Trinajstić information content (AvgIpc) is 2.62. The molecule has 5 rings (SSSR count). The van der Waals surface area contributed by atoms with Gasteiger partial charge in [0.25, 0.3) is 0 Å². The molecular weight excluding hydrogens is 1140 g/mol. The minimum Gasteiger partial charge on any atom is -0.507 e. The van der Waals surface area contributed by atoms with Crippen molar-refractivity contribution >= 4 is 29.8 Å². The lowest BCUT2D eigenvalue weighted by atomic mass is 9.83. The predicted octanol–water partition coefficient (Wildman–Crippen LogP) is 14.5. The summed E-state index contributed by atoms with van der Waals surface area (Å²) in [6, 6.07) is 18.1. The summed E-state index contributed by atoms with van der Waals surface area (Å²) in [4.78, 5) is 71.8. The van der Waals surface area contributed by atoms with Crippen molar-refractivity contribution in [1.29, 1.82) is 0 Å². The van der Waals surface area contributed by atoms with E-state index in [0.29, 0.717) is 61.2 Å². The molecule has 0 unspecified atom stereocenters. The molecule has 15 heteroatoms. The molecule has 0 heterocycles. The average molecular weight is 1240 g/mol. The zero-order chi connectivity index (χ0) is 67.8. The van der Waals surface area contributed by atoms with Gasteiger partial charge in [-0.25, -0.2) is 0 Å². The number of hydrogen-bond acceptors (Lipinski definition) is 15. The van der Waals surface area contributed by atoms with Crippen LogP contribution in [0.2, 0.25) is 0 Å². The predicted molar refractivity (Wildman–Crippen MR) is 351 cm³/mol. The van der Waals surface area contributed by atoms with Crippen molar-refractivity contribution in [3.05, 3.63) is 144 Å². The van der Waals surface area contributed by atoms with Crippen molar-refractivity contribution in [2.75, 3.05) is 13.2 Å². The summed E-state index contributed by atoms with van der Waals surface area (Å²) < 4.78 is 30.9. The van der Waals surface area contributed by atoms with Crippen LogP contribution in [-0.4, -0.2) is 86.9 Å². The van der Waals surface area contributed by atoms with E-state index in [1.807, 2.05) is 134 Å². The van der Waals surface area contributed by atoms with Gasteiger partial charge in [0, 0.05) is 32.1 Å². The van der Waals surface area contributed by atoms with E-state index < -0.39 is 88.4 Å². The highest BCUT2D eigenvalue weighted by Crippen LogP contribution is 2.39. The summed E-state index contributed by atoms with van der Waals surface area (Å²) in [5.74, 6) is -3.12. The molecule has 5 N–H and O–H groups in total. The molecule has 0 bridgehead atoms. The van der Waals surface area contributed by atoms with Crippen LogP contribution in [0.25, 0.3) is 0 Å². The number of ether oxygens (including phenoxy) is 5. The Balaban J connectivity index is 1.61. The lowest BCUT2D eigenvalue weighted by Crippen LogP contribution is -2.50. The lowest BCUT2D eigenvalue weighted by Gasteiger charge is -2.32. The van der Waals surface area contributed by atoms with Crippen molar-refractivity contribution in [1.82, 2.24) is 0 Å². The largest absolute Gasteiger partial charge is 0.507 e. The fraction of sp³-hybridized carbons (Fsp3) is 0.533. The highest BCUT2D eigenvalue weighted by molar-refractivity contribution is 5.74. The third-order valence-corrected chi connectivity index (χ3v) is 16.3. The molecular formula is C75H102O15. The van der Waals surface area contributed by atoms with Gasteiger partial charge in [0.15, 0.2) is 18.3 Å². The molecule has 90 heavy (non-hydrogen) atoms. The number of esters is 5. The van der Waals surface area contributed by atoms with Crippen LogP contribution in [0.15, 0.2) is 60.7 Å². The second-order valence-corrected chi connectivity index (χ2v) is 29.7. The van der Waals surface area contributed by atoms with Gasteiger partial charge in [-0.05, 0) is 177 Å². The topological polar surface area (TPSA) is 233 Å². The number of phenolic OH excluding ortho intramolecular Hbond substituents is 5. The van der Waals surface area contributed by atoms with Crippen LogP contribution in [0.4, 0.5) is 0 Å². The summed E-state index contributed by atoms with van der Waals surface area (Å²) in [6.07, 6.45) is -5.33. The number of phenols is 5. The van der Waals surface area contributed by atoms with E-state index in [2.05, 4.69) is 0 Å². The van der Waals surface area contributed by atoms with Crippen LogP contribution >= 0.6 is 0 Å². The lowest BCUT2D eigenvalue weighted by molar-refractivity contribution is -0.197. The second-order valence-electron chi connectivity index (χ2n) is 29.7. The van der Waals surface area contributed by atoms with Crippen molar-refractivity contribution < 1.29 is 73.2 Å². The smallest absolute Gasteiger partial charge is 0.306 e. The molecule has 0 aromatic heterocycles. The van der Waals surface area contributed by atoms with Gasteiger partial charge in [-0.3, -0.25) is 24.0 Å². The van der Waals surface area contributed by atoms with E-state index in [1.54, 1.807) is 65.0 Å². The van der Waals surface area contributed by atoms with E-state index in [1.165, 1.54) is 0 Å². The molecule has 0 fully saturated rings. The number of benzene rings is 5. The quantitative estimate of drug-likeness (QED) is 0.0286. The van der Waals surface area contributed by atoms with Gasteiger partial charge in [0.05, 0.1) is 0 Å². The Kier molecular flexibility index (Phi) is 24.1. The summed E-state index contributed by atoms with van der Waals surface area (Å²) in [5.41, 5.74) is 8.04. The fourth-order valence-electron chi connectivity index (χ4n) is 11.0. The Morgan fingerprint density at radius 3 is 0.700 bits per heavy atom. The van der Waals surface area contributed by atoms with Crippen LogP contribution < -0.4 is 0 Å². The van der Waals surface area contributed by atoms with Gasteiger partial charge in [-0.1, -0.05) is 165 Å². The molecule has 15 nitrogen and oxygen atoms in total. The number of carbonyl (C=O) groups excluding carboxylic acids is 5. The molecule has 3 atom stereocenters. The SMILES string of the molecule is Cc1cc(CCC(=O)OC[C@H](OC(=O)CCc2cc(C)c(O)c(C(C)(C)C)c2)[C@@H](OC(=O)CCc2cc(C)c(O)c(C(C)(C)C)c2)[C@@H](COC(=O)CCc2cc(C)c(O)c(C(C)(C)C)c2)OC(=O)CCc2cc(C)c(O)c(C(C)(C)C)c2)cc(C(C)(C)C)c1O. The monoisotopic (exact) mass is 1240 g/mol. The van der Waals surface area contributed by atoms with Crippen LogP contribution in [-0.2, 0) is 107 Å². The first-order valence-corrected chi connectivity index (χ1v) is 31.5. The summed E-state index contributed by atoms with van der Waals surface area (Å²) in [7, 11) is 0. The number of aryl methyl sites for hydroxylation is 10. The molecule has 0 saturated heterocycles. The molecule has 0 saturated carbocycles. The normalized spacial score (nSPS) is 13.3. The minimum absolute atomic E-state index is 0.126. The van der Waals surface area contributed by atoms with Crippen molar-refractivity contribution in [2.45, 2.75) is 248 Å².